The molecule has 2 atom stereocenters. The van der Waals surface area contributed by atoms with E-state index in [-0.39, 0.29) is 29.1 Å². The third-order valence-corrected chi connectivity index (χ3v) is 7.79. The zero-order valence-electron chi connectivity index (χ0n) is 18.1. The van der Waals surface area contributed by atoms with Crippen LogP contribution in [0.3, 0.4) is 0 Å². The van der Waals surface area contributed by atoms with Gasteiger partial charge in [-0.25, -0.2) is 0 Å². The van der Waals surface area contributed by atoms with Gasteiger partial charge in [-0.1, -0.05) is 0 Å². The zero-order valence-corrected chi connectivity index (χ0v) is 19.0. The molecule has 3 aliphatic rings. The number of thioether (sulfide) groups is 1. The van der Waals surface area contributed by atoms with Crippen molar-refractivity contribution in [2.45, 2.75) is 37.6 Å². The summed E-state index contributed by atoms with van der Waals surface area (Å²) >= 11 is 1.66. The predicted molar refractivity (Wildman–Crippen MR) is 121 cm³/mol. The van der Waals surface area contributed by atoms with Crippen molar-refractivity contribution in [3.8, 4) is 0 Å². The van der Waals surface area contributed by atoms with Crippen molar-refractivity contribution in [2.75, 3.05) is 55.4 Å². The van der Waals surface area contributed by atoms with Gasteiger partial charge in [0, 0.05) is 43.2 Å². The number of morpholine rings is 1. The molecule has 3 amide bonds. The van der Waals surface area contributed by atoms with Gasteiger partial charge in [-0.2, -0.15) is 0 Å². The Morgan fingerprint density at radius 3 is 2.65 bits per heavy atom. The number of likely N-dealkylation sites (N-methyl/N-ethyl adjacent to an activating group) is 1. The van der Waals surface area contributed by atoms with Gasteiger partial charge in [0.05, 0.1) is 24.6 Å². The Kier molecular flexibility index (Phi) is 6.43. The molecule has 0 aliphatic carbocycles. The van der Waals surface area contributed by atoms with E-state index < -0.39 is 6.04 Å². The van der Waals surface area contributed by atoms with Crippen LogP contribution >= 0.6 is 11.8 Å². The smallest absolute Gasteiger partial charge is 0.246 e. The van der Waals surface area contributed by atoms with Gasteiger partial charge in [-0.3, -0.25) is 14.4 Å². The maximum Gasteiger partial charge on any atom is 0.246 e. The van der Waals surface area contributed by atoms with Crippen LogP contribution in [0.5, 0.6) is 0 Å². The predicted octanol–water partition coefficient (Wildman–Crippen LogP) is 1.76. The highest BCUT2D eigenvalue weighted by atomic mass is 32.2. The van der Waals surface area contributed by atoms with Gasteiger partial charge in [0.25, 0.3) is 0 Å². The highest BCUT2D eigenvalue weighted by Crippen LogP contribution is 2.47. The van der Waals surface area contributed by atoms with Gasteiger partial charge >= 0.3 is 0 Å². The SMILES string of the molecule is CCN(CC(=O)Nc1ccc(N2CCOCC2)cc1)C(=O)C1CSC2(C)CCC(=O)N12. The molecule has 0 radical (unpaired) electrons. The molecule has 1 aromatic rings. The first-order chi connectivity index (χ1) is 14.9. The normalized spacial score (nSPS) is 25.5. The van der Waals surface area contributed by atoms with Gasteiger partial charge in [0.15, 0.2) is 0 Å². The van der Waals surface area contributed by atoms with Crippen LogP contribution in [0, 0.1) is 0 Å². The van der Waals surface area contributed by atoms with E-state index in [1.165, 1.54) is 0 Å². The van der Waals surface area contributed by atoms with Crippen molar-refractivity contribution in [3.63, 3.8) is 0 Å². The molecule has 0 bridgehead atoms. The Hall–Kier alpha value is -2.26. The number of anilines is 2. The number of fused-ring (bicyclic) bond motifs is 1. The van der Waals surface area contributed by atoms with E-state index in [2.05, 4.69) is 10.2 Å². The molecule has 168 valence electrons. The fourth-order valence-corrected chi connectivity index (χ4v) is 5.93. The Morgan fingerprint density at radius 1 is 1.26 bits per heavy atom. The molecule has 8 nitrogen and oxygen atoms in total. The number of nitrogens with one attached hydrogen (secondary N) is 1. The first-order valence-electron chi connectivity index (χ1n) is 10.9. The molecule has 3 saturated heterocycles. The van der Waals surface area contributed by atoms with Crippen molar-refractivity contribution in [3.05, 3.63) is 24.3 Å². The lowest BCUT2D eigenvalue weighted by Gasteiger charge is -2.32. The van der Waals surface area contributed by atoms with Gasteiger partial charge in [-0.15, -0.1) is 11.8 Å². The Bertz CT molecular complexity index is 842. The first kappa shape index (κ1) is 22.0. The van der Waals surface area contributed by atoms with Crippen LogP contribution in [0.4, 0.5) is 11.4 Å². The third kappa shape index (κ3) is 4.52. The van der Waals surface area contributed by atoms with E-state index in [1.54, 1.807) is 21.6 Å². The van der Waals surface area contributed by atoms with Crippen LogP contribution in [0.25, 0.3) is 0 Å². The summed E-state index contributed by atoms with van der Waals surface area (Å²) in [5, 5.41) is 2.88. The highest BCUT2D eigenvalue weighted by Gasteiger charge is 2.53. The van der Waals surface area contributed by atoms with E-state index in [0.717, 1.165) is 38.4 Å². The molecule has 3 heterocycles. The van der Waals surface area contributed by atoms with E-state index >= 15 is 0 Å². The molecule has 1 N–H and O–H groups in total. The minimum atomic E-state index is -0.481. The topological polar surface area (TPSA) is 82.2 Å². The Morgan fingerprint density at radius 2 is 1.97 bits per heavy atom. The number of rotatable bonds is 6. The van der Waals surface area contributed by atoms with Gasteiger partial charge in [-0.05, 0) is 44.5 Å². The number of hydrogen-bond acceptors (Lipinski definition) is 6. The average Bonchev–Trinajstić information content (AvgIpc) is 3.28. The fraction of sp³-hybridized carbons (Fsp3) is 0.591. The van der Waals surface area contributed by atoms with E-state index in [1.807, 2.05) is 38.1 Å². The van der Waals surface area contributed by atoms with Crippen molar-refractivity contribution in [1.29, 1.82) is 0 Å². The number of carbonyl (C=O) groups excluding carboxylic acids is 3. The largest absolute Gasteiger partial charge is 0.378 e. The summed E-state index contributed by atoms with van der Waals surface area (Å²) in [6.45, 7) is 7.44. The molecule has 9 heteroatoms. The second-order valence-corrected chi connectivity index (χ2v) is 9.81. The molecule has 3 fully saturated rings. The van der Waals surface area contributed by atoms with Crippen molar-refractivity contribution >= 4 is 40.9 Å². The number of nitrogens with zero attached hydrogens (tertiary/aromatic N) is 3. The summed E-state index contributed by atoms with van der Waals surface area (Å²) in [7, 11) is 0. The molecular formula is C22H30N4O4S. The molecule has 0 aromatic heterocycles. The average molecular weight is 447 g/mol. The van der Waals surface area contributed by atoms with Crippen LogP contribution < -0.4 is 10.2 Å². The summed E-state index contributed by atoms with van der Waals surface area (Å²) in [6.07, 6.45) is 1.26. The van der Waals surface area contributed by atoms with E-state index in [4.69, 9.17) is 4.74 Å². The minimum absolute atomic E-state index is 0.0273. The van der Waals surface area contributed by atoms with Crippen LogP contribution in [0.15, 0.2) is 24.3 Å². The number of benzene rings is 1. The van der Waals surface area contributed by atoms with Gasteiger partial charge < -0.3 is 24.8 Å². The summed E-state index contributed by atoms with van der Waals surface area (Å²) in [5.74, 6) is 0.233. The molecule has 3 aliphatic heterocycles. The highest BCUT2D eigenvalue weighted by molar-refractivity contribution is 8.01. The summed E-state index contributed by atoms with van der Waals surface area (Å²) in [6, 6.07) is 7.25. The second-order valence-electron chi connectivity index (χ2n) is 8.31. The lowest BCUT2D eigenvalue weighted by atomic mass is 10.2. The van der Waals surface area contributed by atoms with Crippen molar-refractivity contribution < 1.29 is 19.1 Å². The monoisotopic (exact) mass is 446 g/mol. The minimum Gasteiger partial charge on any atom is -0.378 e. The van der Waals surface area contributed by atoms with Gasteiger partial charge in [0.1, 0.15) is 6.04 Å². The maximum atomic E-state index is 13.1. The summed E-state index contributed by atoms with van der Waals surface area (Å²) < 4.78 is 5.38. The number of amides is 3. The third-order valence-electron chi connectivity index (χ3n) is 6.29. The van der Waals surface area contributed by atoms with Gasteiger partial charge in [0.2, 0.25) is 17.7 Å². The zero-order chi connectivity index (χ0) is 22.0. The molecule has 1 aromatic carbocycles. The summed E-state index contributed by atoms with van der Waals surface area (Å²) in [4.78, 5) is 43.3. The molecule has 4 rings (SSSR count). The van der Waals surface area contributed by atoms with Crippen LogP contribution in [0.1, 0.15) is 26.7 Å². The fourth-order valence-electron chi connectivity index (χ4n) is 4.51. The van der Waals surface area contributed by atoms with Crippen LogP contribution in [-0.2, 0) is 19.1 Å². The number of carbonyl (C=O) groups is 3. The Labute approximate surface area is 187 Å². The second kappa shape index (κ2) is 9.08. The lowest BCUT2D eigenvalue weighted by Crippen LogP contribution is -2.52. The first-order valence-corrected chi connectivity index (χ1v) is 11.9. The van der Waals surface area contributed by atoms with Crippen LogP contribution in [-0.4, -0.2) is 83.6 Å². The molecular weight excluding hydrogens is 416 g/mol. The standard InChI is InChI=1S/C22H30N4O4S/c1-3-24(21(29)18-15-31-22(2)9-8-20(28)26(18)22)14-19(27)23-16-4-6-17(7-5-16)25-10-12-30-13-11-25/h4-7,18H,3,8-15H2,1-2H3,(H,23,27). The van der Waals surface area contributed by atoms with Crippen LogP contribution in [0.2, 0.25) is 0 Å². The van der Waals surface area contributed by atoms with Crippen molar-refractivity contribution in [1.82, 2.24) is 9.80 Å². The molecule has 0 spiro atoms. The van der Waals surface area contributed by atoms with E-state index in [0.29, 0.717) is 24.4 Å². The number of ether oxygens (including phenoxy) is 1. The number of hydrogen-bond donors (Lipinski definition) is 1. The van der Waals surface area contributed by atoms with E-state index in [9.17, 15) is 14.4 Å². The van der Waals surface area contributed by atoms with Crippen molar-refractivity contribution in [2.24, 2.45) is 0 Å². The quantitative estimate of drug-likeness (QED) is 0.717. The molecule has 31 heavy (non-hydrogen) atoms. The molecule has 0 saturated carbocycles. The maximum absolute atomic E-state index is 13.1. The Balaban J connectivity index is 1.34. The molecule has 2 unspecified atom stereocenters. The lowest BCUT2D eigenvalue weighted by molar-refractivity contribution is -0.144. The summed E-state index contributed by atoms with van der Waals surface area (Å²) in [5.41, 5.74) is 1.80.